The van der Waals surface area contributed by atoms with Gasteiger partial charge in [-0.2, -0.15) is 4.57 Å². The van der Waals surface area contributed by atoms with E-state index in [2.05, 4.69) is 96.7 Å². The van der Waals surface area contributed by atoms with E-state index in [1.807, 2.05) is 0 Å². The van der Waals surface area contributed by atoms with Crippen molar-refractivity contribution in [1.29, 1.82) is 0 Å². The monoisotopic (exact) mass is 309 g/mol. The van der Waals surface area contributed by atoms with Crippen molar-refractivity contribution < 1.29 is 4.57 Å². The Hall–Kier alpha value is -2.13. The molecule has 0 unspecified atom stereocenters. The zero-order valence-electron chi connectivity index (χ0n) is 13.2. The third-order valence-corrected chi connectivity index (χ3v) is 4.14. The summed E-state index contributed by atoms with van der Waals surface area (Å²) in [6.07, 6.45) is 0. The smallest absolute Gasteiger partial charge is 0.260 e. The predicted octanol–water partition coefficient (Wildman–Crippen LogP) is 4.90. The summed E-state index contributed by atoms with van der Waals surface area (Å²) in [5.41, 5.74) is 3.64. The van der Waals surface area contributed by atoms with Gasteiger partial charge in [-0.25, -0.2) is 0 Å². The number of nitrogens with zero attached hydrogens (tertiary/aromatic N) is 1. The van der Waals surface area contributed by atoms with Gasteiger partial charge in [0.1, 0.15) is 5.69 Å². The second-order valence-corrected chi connectivity index (χ2v) is 7.20. The van der Waals surface area contributed by atoms with Gasteiger partial charge < -0.3 is 0 Å². The van der Waals surface area contributed by atoms with Crippen LogP contribution in [0.25, 0.3) is 16.9 Å². The van der Waals surface area contributed by atoms with Gasteiger partial charge in [-0.15, -0.1) is 0 Å². The van der Waals surface area contributed by atoms with E-state index in [0.717, 1.165) is 5.13 Å². The summed E-state index contributed by atoms with van der Waals surface area (Å²) >= 11 is 1.74. The van der Waals surface area contributed by atoms with Crippen LogP contribution in [-0.4, -0.2) is 5.54 Å². The van der Waals surface area contributed by atoms with Crippen LogP contribution < -0.4 is 9.88 Å². The molecule has 0 saturated carbocycles. The summed E-state index contributed by atoms with van der Waals surface area (Å²) in [5.74, 6) is 0. The van der Waals surface area contributed by atoms with Gasteiger partial charge >= 0.3 is 5.13 Å². The highest BCUT2D eigenvalue weighted by molar-refractivity contribution is 7.13. The van der Waals surface area contributed by atoms with Gasteiger partial charge in [0.2, 0.25) is 0 Å². The minimum absolute atomic E-state index is 0.0232. The van der Waals surface area contributed by atoms with Gasteiger partial charge in [0.25, 0.3) is 0 Å². The highest BCUT2D eigenvalue weighted by Gasteiger charge is 2.25. The predicted molar refractivity (Wildman–Crippen MR) is 94.7 cm³/mol. The summed E-state index contributed by atoms with van der Waals surface area (Å²) in [6, 6.07) is 21.0. The molecule has 1 heterocycles. The maximum atomic E-state index is 3.62. The van der Waals surface area contributed by atoms with E-state index in [9.17, 15) is 0 Å². The molecule has 0 aliphatic carbocycles. The second kappa shape index (κ2) is 5.93. The maximum absolute atomic E-state index is 3.62. The highest BCUT2D eigenvalue weighted by Crippen LogP contribution is 2.27. The maximum Gasteiger partial charge on any atom is 0.339 e. The Morgan fingerprint density at radius 1 is 0.864 bits per heavy atom. The summed E-state index contributed by atoms with van der Waals surface area (Å²) in [6.45, 7) is 6.55. The van der Waals surface area contributed by atoms with Crippen molar-refractivity contribution in [2.45, 2.75) is 26.3 Å². The molecule has 0 atom stereocenters. The van der Waals surface area contributed by atoms with Crippen molar-refractivity contribution >= 4 is 16.5 Å². The lowest BCUT2D eigenvalue weighted by molar-refractivity contribution is -0.564. The molecule has 2 nitrogen and oxygen atoms in total. The standard InChI is InChI=1S/C19H20N2S/c1-19(2,3)20-18-21(16-12-8-5-9-13-16)17(14-22-18)15-10-6-4-7-11-15/h4-14H,1-3H3/p+1. The first-order chi connectivity index (χ1) is 10.5. The molecule has 2 aromatic carbocycles. The van der Waals surface area contributed by atoms with E-state index in [1.165, 1.54) is 16.9 Å². The number of thiazole rings is 1. The molecule has 0 radical (unpaired) electrons. The topological polar surface area (TPSA) is 15.9 Å². The summed E-state index contributed by atoms with van der Waals surface area (Å²) in [4.78, 5) is 0. The lowest BCUT2D eigenvalue weighted by Gasteiger charge is -2.15. The van der Waals surface area contributed by atoms with Gasteiger partial charge in [0.15, 0.2) is 5.69 Å². The Balaban J connectivity index is 2.16. The van der Waals surface area contributed by atoms with E-state index < -0.39 is 0 Å². The summed E-state index contributed by atoms with van der Waals surface area (Å²) < 4.78 is 2.30. The molecule has 0 bridgehead atoms. The molecule has 0 aliphatic rings. The van der Waals surface area contributed by atoms with Crippen molar-refractivity contribution in [3.8, 4) is 16.9 Å². The van der Waals surface area contributed by atoms with Gasteiger partial charge in [-0.05, 0) is 32.9 Å². The molecule has 3 rings (SSSR count). The van der Waals surface area contributed by atoms with Gasteiger partial charge in [-0.3, -0.25) is 5.32 Å². The average Bonchev–Trinajstić information content (AvgIpc) is 2.90. The summed E-state index contributed by atoms with van der Waals surface area (Å²) in [5, 5.41) is 6.99. The number of hydrogen-bond donors (Lipinski definition) is 1. The molecule has 0 spiro atoms. The van der Waals surface area contributed by atoms with Crippen LogP contribution in [-0.2, 0) is 0 Å². The molecule has 3 heteroatoms. The first-order valence-corrected chi connectivity index (χ1v) is 8.35. The molecule has 0 saturated heterocycles. The number of rotatable bonds is 3. The minimum atomic E-state index is 0.0232. The number of hydrogen-bond acceptors (Lipinski definition) is 2. The fourth-order valence-corrected chi connectivity index (χ4v) is 3.51. The molecule has 3 aromatic rings. The Kier molecular flexibility index (Phi) is 3.99. The van der Waals surface area contributed by atoms with Crippen LogP contribution in [0.3, 0.4) is 0 Å². The Bertz CT molecular complexity index is 740. The van der Waals surface area contributed by atoms with Crippen LogP contribution in [0.2, 0.25) is 0 Å². The van der Waals surface area contributed by atoms with Crippen LogP contribution in [0.15, 0.2) is 66.0 Å². The molecule has 112 valence electrons. The van der Waals surface area contributed by atoms with Gasteiger partial charge in [0.05, 0.1) is 5.54 Å². The fraction of sp³-hybridized carbons (Fsp3) is 0.211. The van der Waals surface area contributed by atoms with Gasteiger partial charge in [-0.1, -0.05) is 59.9 Å². The third-order valence-electron chi connectivity index (χ3n) is 3.29. The summed E-state index contributed by atoms with van der Waals surface area (Å²) in [7, 11) is 0. The Morgan fingerprint density at radius 3 is 2.05 bits per heavy atom. The van der Waals surface area contributed by atoms with Crippen LogP contribution >= 0.6 is 11.3 Å². The number of aromatic nitrogens is 1. The largest absolute Gasteiger partial charge is 0.339 e. The Labute approximate surface area is 136 Å². The van der Waals surface area contributed by atoms with Crippen molar-refractivity contribution in [2.24, 2.45) is 0 Å². The lowest BCUT2D eigenvalue weighted by atomic mass is 10.1. The van der Waals surface area contributed by atoms with E-state index in [4.69, 9.17) is 0 Å². The number of benzene rings is 2. The Morgan fingerprint density at radius 2 is 1.45 bits per heavy atom. The lowest BCUT2D eigenvalue weighted by Crippen LogP contribution is -2.38. The highest BCUT2D eigenvalue weighted by atomic mass is 32.1. The van der Waals surface area contributed by atoms with Crippen molar-refractivity contribution in [1.82, 2.24) is 0 Å². The van der Waals surface area contributed by atoms with E-state index in [1.54, 1.807) is 11.3 Å². The van der Waals surface area contributed by atoms with Crippen LogP contribution in [0.1, 0.15) is 20.8 Å². The number of anilines is 1. The number of para-hydroxylation sites is 1. The zero-order chi connectivity index (χ0) is 15.6. The van der Waals surface area contributed by atoms with Crippen LogP contribution in [0.5, 0.6) is 0 Å². The molecule has 0 amide bonds. The van der Waals surface area contributed by atoms with Crippen LogP contribution in [0.4, 0.5) is 5.13 Å². The van der Waals surface area contributed by atoms with Crippen molar-refractivity contribution in [3.63, 3.8) is 0 Å². The normalized spacial score (nSPS) is 11.4. The first-order valence-electron chi connectivity index (χ1n) is 7.47. The number of nitrogens with one attached hydrogen (secondary N) is 1. The first kappa shape index (κ1) is 14.8. The average molecular weight is 309 g/mol. The molecule has 1 aromatic heterocycles. The van der Waals surface area contributed by atoms with Crippen molar-refractivity contribution in [3.05, 3.63) is 66.0 Å². The third kappa shape index (κ3) is 3.20. The van der Waals surface area contributed by atoms with E-state index in [0.29, 0.717) is 0 Å². The van der Waals surface area contributed by atoms with Crippen molar-refractivity contribution in [2.75, 3.05) is 5.32 Å². The van der Waals surface area contributed by atoms with Crippen LogP contribution in [0, 0.1) is 0 Å². The molecule has 1 N–H and O–H groups in total. The fourth-order valence-electron chi connectivity index (χ4n) is 2.37. The second-order valence-electron chi connectivity index (χ2n) is 6.34. The molecular formula is C19H21N2S+. The zero-order valence-corrected chi connectivity index (χ0v) is 14.0. The molecule has 0 fully saturated rings. The van der Waals surface area contributed by atoms with E-state index in [-0.39, 0.29) is 5.54 Å². The minimum Gasteiger partial charge on any atom is -0.260 e. The SMILES string of the molecule is CC(C)(C)Nc1scc(-c2ccccc2)[n+]1-c1ccccc1. The molecular weight excluding hydrogens is 288 g/mol. The quantitative estimate of drug-likeness (QED) is 0.680. The van der Waals surface area contributed by atoms with Gasteiger partial charge in [0, 0.05) is 10.9 Å². The van der Waals surface area contributed by atoms with E-state index >= 15 is 0 Å². The molecule has 0 aliphatic heterocycles. The molecule has 22 heavy (non-hydrogen) atoms.